The van der Waals surface area contributed by atoms with Gasteiger partial charge in [-0.2, -0.15) is 0 Å². The van der Waals surface area contributed by atoms with Gasteiger partial charge in [0.2, 0.25) is 0 Å². The molecule has 0 saturated carbocycles. The number of hydrogen-bond donors (Lipinski definition) is 1. The fraction of sp³-hybridized carbons (Fsp3) is 0.0769. The number of ether oxygens (including phenoxy) is 1. The summed E-state index contributed by atoms with van der Waals surface area (Å²) in [6.45, 7) is 0. The average molecular weight is 263 g/mol. The first-order chi connectivity index (χ1) is 8.47. The van der Waals surface area contributed by atoms with Crippen molar-refractivity contribution in [3.8, 4) is 11.5 Å². The minimum atomic E-state index is -3.31. The van der Waals surface area contributed by atoms with Crippen LogP contribution in [0.25, 0.3) is 0 Å². The molecule has 0 radical (unpaired) electrons. The molecular weight excluding hydrogens is 250 g/mol. The fourth-order valence-corrected chi connectivity index (χ4v) is 2.30. The zero-order valence-corrected chi connectivity index (χ0v) is 10.6. The van der Waals surface area contributed by atoms with Gasteiger partial charge in [0, 0.05) is 11.9 Å². The zero-order chi connectivity index (χ0) is 13.2. The van der Waals surface area contributed by atoms with Crippen LogP contribution in [0.3, 0.4) is 0 Å². The molecule has 0 aliphatic heterocycles. The molecule has 0 spiro atoms. The highest BCUT2D eigenvalue weighted by atomic mass is 32.2. The van der Waals surface area contributed by atoms with Crippen molar-refractivity contribution < 1.29 is 13.2 Å². The molecule has 5 heteroatoms. The van der Waals surface area contributed by atoms with Crippen LogP contribution in [0.1, 0.15) is 0 Å². The Morgan fingerprint density at radius 2 is 1.61 bits per heavy atom. The number of nitrogens with two attached hydrogens (primary N) is 1. The third-order valence-electron chi connectivity index (χ3n) is 2.36. The van der Waals surface area contributed by atoms with E-state index in [0.29, 0.717) is 17.2 Å². The van der Waals surface area contributed by atoms with Crippen LogP contribution < -0.4 is 10.5 Å². The molecule has 2 N–H and O–H groups in total. The van der Waals surface area contributed by atoms with Gasteiger partial charge in [0.15, 0.2) is 9.84 Å². The van der Waals surface area contributed by atoms with Gasteiger partial charge >= 0.3 is 0 Å². The molecule has 18 heavy (non-hydrogen) atoms. The lowest BCUT2D eigenvalue weighted by atomic mass is 10.3. The minimum absolute atomic E-state index is 0.168. The summed E-state index contributed by atoms with van der Waals surface area (Å²) in [6.07, 6.45) is 1.15. The van der Waals surface area contributed by atoms with Crippen LogP contribution in [0.5, 0.6) is 11.5 Å². The van der Waals surface area contributed by atoms with Crippen molar-refractivity contribution in [1.82, 2.24) is 0 Å². The monoisotopic (exact) mass is 263 g/mol. The number of anilines is 1. The molecule has 4 nitrogen and oxygen atoms in total. The molecule has 2 aromatic rings. The summed E-state index contributed by atoms with van der Waals surface area (Å²) in [5.74, 6) is 0.852. The third kappa shape index (κ3) is 2.81. The highest BCUT2D eigenvalue weighted by Crippen LogP contribution is 2.28. The van der Waals surface area contributed by atoms with Gasteiger partial charge in [-0.15, -0.1) is 0 Å². The number of sulfone groups is 1. The molecule has 0 fully saturated rings. The molecule has 0 aliphatic carbocycles. The van der Waals surface area contributed by atoms with Gasteiger partial charge in [-0.3, -0.25) is 0 Å². The van der Waals surface area contributed by atoms with Crippen LogP contribution in [-0.2, 0) is 9.84 Å². The molecule has 0 aromatic heterocycles. The Hall–Kier alpha value is -2.01. The summed E-state index contributed by atoms with van der Waals surface area (Å²) >= 11 is 0. The predicted molar refractivity (Wildman–Crippen MR) is 70.5 cm³/mol. The Balaban J connectivity index is 2.38. The standard InChI is InChI=1S/C13H13NO3S/c1-18(15,16)13-5-3-2-4-12(13)17-11-8-6-10(14)7-9-11/h2-9H,14H2,1H3. The van der Waals surface area contributed by atoms with Crippen LogP contribution in [0, 0.1) is 0 Å². The lowest BCUT2D eigenvalue weighted by Gasteiger charge is -2.09. The van der Waals surface area contributed by atoms with Gasteiger partial charge < -0.3 is 10.5 Å². The molecule has 0 heterocycles. The fourth-order valence-electron chi connectivity index (χ4n) is 1.50. The number of rotatable bonds is 3. The molecule has 94 valence electrons. The van der Waals surface area contributed by atoms with E-state index in [0.717, 1.165) is 6.26 Å². The molecule has 0 aliphatic rings. The van der Waals surface area contributed by atoms with Gasteiger partial charge in [0.25, 0.3) is 0 Å². The maximum Gasteiger partial charge on any atom is 0.179 e. The topological polar surface area (TPSA) is 69.4 Å². The van der Waals surface area contributed by atoms with Crippen LogP contribution in [-0.4, -0.2) is 14.7 Å². The summed E-state index contributed by atoms with van der Waals surface area (Å²) in [5, 5.41) is 0. The van der Waals surface area contributed by atoms with Crippen LogP contribution in [0.4, 0.5) is 5.69 Å². The van der Waals surface area contributed by atoms with Gasteiger partial charge in [-0.25, -0.2) is 8.42 Å². The van der Waals surface area contributed by atoms with E-state index in [4.69, 9.17) is 10.5 Å². The van der Waals surface area contributed by atoms with Crippen LogP contribution in [0.15, 0.2) is 53.4 Å². The molecule has 0 amide bonds. The molecule has 0 atom stereocenters. The molecule has 0 bridgehead atoms. The second kappa shape index (κ2) is 4.70. The second-order valence-electron chi connectivity index (χ2n) is 3.89. The zero-order valence-electron chi connectivity index (χ0n) is 9.83. The lowest BCUT2D eigenvalue weighted by Crippen LogP contribution is -2.00. The molecule has 0 unspecified atom stereocenters. The largest absolute Gasteiger partial charge is 0.456 e. The Labute approximate surface area is 106 Å². The predicted octanol–water partition coefficient (Wildman–Crippen LogP) is 2.46. The van der Waals surface area contributed by atoms with Crippen LogP contribution in [0.2, 0.25) is 0 Å². The minimum Gasteiger partial charge on any atom is -0.456 e. The van der Waals surface area contributed by atoms with E-state index in [2.05, 4.69) is 0 Å². The van der Waals surface area contributed by atoms with Gasteiger partial charge in [-0.1, -0.05) is 12.1 Å². The van der Waals surface area contributed by atoms with Gasteiger partial charge in [-0.05, 0) is 36.4 Å². The Bertz CT molecular complexity index is 648. The Kier molecular flexibility index (Phi) is 3.25. The van der Waals surface area contributed by atoms with E-state index in [1.165, 1.54) is 6.07 Å². The van der Waals surface area contributed by atoms with E-state index in [9.17, 15) is 8.42 Å². The van der Waals surface area contributed by atoms with Crippen LogP contribution >= 0.6 is 0 Å². The summed E-state index contributed by atoms with van der Waals surface area (Å²) in [6, 6.07) is 13.3. The van der Waals surface area contributed by atoms with Crippen molar-refractivity contribution in [2.45, 2.75) is 4.90 Å². The van der Waals surface area contributed by atoms with Crippen molar-refractivity contribution >= 4 is 15.5 Å². The molecule has 2 aromatic carbocycles. The quantitative estimate of drug-likeness (QED) is 0.864. The van der Waals surface area contributed by atoms with Crippen molar-refractivity contribution in [2.75, 3.05) is 12.0 Å². The Morgan fingerprint density at radius 3 is 2.22 bits per heavy atom. The second-order valence-corrected chi connectivity index (χ2v) is 5.87. The van der Waals surface area contributed by atoms with Gasteiger partial charge in [0.05, 0.1) is 0 Å². The first-order valence-corrected chi connectivity index (χ1v) is 7.18. The maximum absolute atomic E-state index is 11.6. The summed E-state index contributed by atoms with van der Waals surface area (Å²) in [7, 11) is -3.31. The maximum atomic E-state index is 11.6. The third-order valence-corrected chi connectivity index (χ3v) is 3.49. The average Bonchev–Trinajstić information content (AvgIpc) is 2.31. The molecular formula is C13H13NO3S. The van der Waals surface area contributed by atoms with Crippen molar-refractivity contribution in [2.24, 2.45) is 0 Å². The number of hydrogen-bond acceptors (Lipinski definition) is 4. The first kappa shape index (κ1) is 12.4. The Morgan fingerprint density at radius 1 is 1.00 bits per heavy atom. The van der Waals surface area contributed by atoms with Gasteiger partial charge in [0.1, 0.15) is 16.4 Å². The van der Waals surface area contributed by atoms with Crippen molar-refractivity contribution in [3.63, 3.8) is 0 Å². The number of nitrogen functional groups attached to an aromatic ring is 1. The molecule has 2 rings (SSSR count). The number of para-hydroxylation sites is 1. The lowest BCUT2D eigenvalue weighted by molar-refractivity contribution is 0.468. The van der Waals surface area contributed by atoms with Crippen molar-refractivity contribution in [1.29, 1.82) is 0 Å². The van der Waals surface area contributed by atoms with E-state index >= 15 is 0 Å². The highest BCUT2D eigenvalue weighted by Gasteiger charge is 2.14. The van der Waals surface area contributed by atoms with E-state index < -0.39 is 9.84 Å². The molecule has 0 saturated heterocycles. The van der Waals surface area contributed by atoms with E-state index in [1.54, 1.807) is 42.5 Å². The summed E-state index contributed by atoms with van der Waals surface area (Å²) in [4.78, 5) is 0.168. The highest BCUT2D eigenvalue weighted by molar-refractivity contribution is 7.90. The van der Waals surface area contributed by atoms with E-state index in [-0.39, 0.29) is 4.90 Å². The first-order valence-electron chi connectivity index (χ1n) is 5.29. The van der Waals surface area contributed by atoms with E-state index in [1.807, 2.05) is 0 Å². The summed E-state index contributed by atoms with van der Waals surface area (Å²) < 4.78 is 28.8. The number of benzene rings is 2. The smallest absolute Gasteiger partial charge is 0.179 e. The van der Waals surface area contributed by atoms with Crippen molar-refractivity contribution in [3.05, 3.63) is 48.5 Å². The normalized spacial score (nSPS) is 11.2. The summed E-state index contributed by atoms with van der Waals surface area (Å²) in [5.41, 5.74) is 6.19. The SMILES string of the molecule is CS(=O)(=O)c1ccccc1Oc1ccc(N)cc1.